The molecule has 3 aromatic rings. The molecular weight excluding hydrogens is 453 g/mol. The van der Waals surface area contributed by atoms with E-state index in [0.717, 1.165) is 6.07 Å². The second kappa shape index (κ2) is 9.11. The molecule has 1 aliphatic carbocycles. The summed E-state index contributed by atoms with van der Waals surface area (Å²) < 4.78 is 19.9. The Morgan fingerprint density at radius 3 is 2.82 bits per heavy atom. The van der Waals surface area contributed by atoms with Crippen LogP contribution < -0.4 is 0 Å². The summed E-state index contributed by atoms with van der Waals surface area (Å²) in [5.41, 5.74) is 0.991. The summed E-state index contributed by atoms with van der Waals surface area (Å²) >= 11 is 6.19. The van der Waals surface area contributed by atoms with Crippen LogP contribution in [0.25, 0.3) is 11.3 Å². The largest absolute Gasteiger partial charge is 0.462 e. The maximum atomic E-state index is 15.0. The van der Waals surface area contributed by atoms with Crippen LogP contribution in [0.1, 0.15) is 57.7 Å². The second-order valence-corrected chi connectivity index (χ2v) is 7.99. The van der Waals surface area contributed by atoms with Crippen LogP contribution in [0.2, 0.25) is 5.02 Å². The van der Waals surface area contributed by atoms with Crippen molar-refractivity contribution in [2.75, 3.05) is 6.61 Å². The maximum Gasteiger partial charge on any atom is 0.338 e. The van der Waals surface area contributed by atoms with Crippen LogP contribution in [0.3, 0.4) is 0 Å². The standard InChI is InChI=1S/C23H19ClFN3O5/c1-2-33-23(30)12-9-10-13(16(25)11-12)21-19-14(5-3-7-17(19)26-27-21)22(29)20-15(24)6-4-8-18(20)28(31)32/h4,6,8-11,14H,2-3,5,7H2,1H3,(H,26,27). The number of hydrogen-bond donors (Lipinski definition) is 1. The quantitative estimate of drug-likeness (QED) is 0.227. The molecule has 10 heteroatoms. The minimum Gasteiger partial charge on any atom is -0.462 e. The zero-order valence-corrected chi connectivity index (χ0v) is 18.3. The Morgan fingerprint density at radius 2 is 2.12 bits per heavy atom. The number of esters is 1. The third-order valence-corrected chi connectivity index (χ3v) is 5.95. The van der Waals surface area contributed by atoms with Crippen molar-refractivity contribution in [2.24, 2.45) is 0 Å². The third-order valence-electron chi connectivity index (χ3n) is 5.64. The van der Waals surface area contributed by atoms with Gasteiger partial charge in [-0.3, -0.25) is 20.0 Å². The van der Waals surface area contributed by atoms with Crippen molar-refractivity contribution in [3.05, 3.63) is 79.7 Å². The lowest BCUT2D eigenvalue weighted by Gasteiger charge is -2.22. The average Bonchev–Trinajstić information content (AvgIpc) is 3.22. The fourth-order valence-electron chi connectivity index (χ4n) is 4.18. The molecule has 0 saturated heterocycles. The van der Waals surface area contributed by atoms with Gasteiger partial charge in [-0.1, -0.05) is 17.7 Å². The number of ether oxygens (including phenoxy) is 1. The first kappa shape index (κ1) is 22.6. The van der Waals surface area contributed by atoms with E-state index >= 15 is 4.39 Å². The van der Waals surface area contributed by atoms with Crippen molar-refractivity contribution >= 4 is 29.0 Å². The fraction of sp³-hybridized carbons (Fsp3) is 0.261. The molecule has 0 bridgehead atoms. The van der Waals surface area contributed by atoms with Crippen molar-refractivity contribution in [3.63, 3.8) is 0 Å². The highest BCUT2D eigenvalue weighted by Crippen LogP contribution is 2.42. The number of halogens is 2. The third kappa shape index (κ3) is 4.11. The second-order valence-electron chi connectivity index (χ2n) is 7.58. The number of Topliss-reactive ketones (excluding diaryl/α,β-unsaturated/α-hetero) is 1. The molecule has 1 aliphatic rings. The van der Waals surface area contributed by atoms with E-state index in [9.17, 15) is 19.7 Å². The molecule has 33 heavy (non-hydrogen) atoms. The number of nitro benzene ring substituents is 1. The van der Waals surface area contributed by atoms with Crippen LogP contribution in [0.15, 0.2) is 36.4 Å². The Bertz CT molecular complexity index is 1270. The first-order chi connectivity index (χ1) is 15.8. The molecule has 4 rings (SSSR count). The molecule has 0 radical (unpaired) electrons. The number of nitrogens with one attached hydrogen (secondary N) is 1. The van der Waals surface area contributed by atoms with E-state index in [1.54, 1.807) is 6.92 Å². The predicted octanol–water partition coefficient (Wildman–Crippen LogP) is 5.26. The lowest BCUT2D eigenvalue weighted by molar-refractivity contribution is -0.385. The molecule has 1 unspecified atom stereocenters. The highest BCUT2D eigenvalue weighted by Gasteiger charge is 2.36. The van der Waals surface area contributed by atoms with Gasteiger partial charge in [0.15, 0.2) is 5.78 Å². The van der Waals surface area contributed by atoms with Gasteiger partial charge in [0.25, 0.3) is 5.69 Å². The van der Waals surface area contributed by atoms with Gasteiger partial charge in [-0.2, -0.15) is 5.10 Å². The van der Waals surface area contributed by atoms with Crippen LogP contribution >= 0.6 is 11.6 Å². The molecule has 0 saturated carbocycles. The van der Waals surface area contributed by atoms with Crippen LogP contribution in [0.4, 0.5) is 10.1 Å². The van der Waals surface area contributed by atoms with Gasteiger partial charge in [-0.15, -0.1) is 0 Å². The first-order valence-electron chi connectivity index (χ1n) is 10.3. The zero-order chi connectivity index (χ0) is 23.7. The first-order valence-corrected chi connectivity index (χ1v) is 10.7. The summed E-state index contributed by atoms with van der Waals surface area (Å²) in [6, 6.07) is 7.96. The minimum absolute atomic E-state index is 0.0173. The molecule has 170 valence electrons. The van der Waals surface area contributed by atoms with Gasteiger partial charge in [0.1, 0.15) is 11.4 Å². The number of aromatic nitrogens is 2. The predicted molar refractivity (Wildman–Crippen MR) is 118 cm³/mol. The number of benzene rings is 2. The number of nitrogens with zero attached hydrogens (tertiary/aromatic N) is 2. The molecule has 0 spiro atoms. The van der Waals surface area contributed by atoms with Gasteiger partial charge in [-0.25, -0.2) is 9.18 Å². The highest BCUT2D eigenvalue weighted by molar-refractivity contribution is 6.35. The smallest absolute Gasteiger partial charge is 0.338 e. The Balaban J connectivity index is 1.79. The van der Waals surface area contributed by atoms with E-state index in [2.05, 4.69) is 10.2 Å². The Hall–Kier alpha value is -3.59. The Labute approximate surface area is 192 Å². The number of aromatic amines is 1. The number of fused-ring (bicyclic) bond motifs is 1. The minimum atomic E-state index is -0.787. The number of carbonyl (C=O) groups excluding carboxylic acids is 2. The summed E-state index contributed by atoms with van der Waals surface area (Å²) in [4.78, 5) is 36.3. The van der Waals surface area contributed by atoms with Crippen LogP contribution in [-0.4, -0.2) is 33.5 Å². The van der Waals surface area contributed by atoms with Gasteiger partial charge in [0, 0.05) is 22.9 Å². The Kier molecular flexibility index (Phi) is 6.24. The summed E-state index contributed by atoms with van der Waals surface area (Å²) in [5.74, 6) is -2.65. The average molecular weight is 472 g/mol. The fourth-order valence-corrected chi connectivity index (χ4v) is 4.44. The van der Waals surface area contributed by atoms with E-state index in [1.165, 1.54) is 30.3 Å². The summed E-state index contributed by atoms with van der Waals surface area (Å²) in [6.07, 6.45) is 1.65. The van der Waals surface area contributed by atoms with E-state index in [0.29, 0.717) is 30.5 Å². The lowest BCUT2D eigenvalue weighted by Crippen LogP contribution is -2.20. The molecule has 1 heterocycles. The summed E-state index contributed by atoms with van der Waals surface area (Å²) in [5, 5.41) is 18.6. The molecule has 0 aliphatic heterocycles. The number of ketones is 1. The molecule has 1 atom stereocenters. The molecule has 1 N–H and O–H groups in total. The van der Waals surface area contributed by atoms with Gasteiger partial charge in [-0.05, 0) is 50.5 Å². The molecule has 0 fully saturated rings. The maximum absolute atomic E-state index is 15.0. The number of hydrogen-bond acceptors (Lipinski definition) is 6. The molecule has 2 aromatic carbocycles. The number of rotatable bonds is 6. The van der Waals surface area contributed by atoms with Crippen molar-refractivity contribution in [3.8, 4) is 11.3 Å². The van der Waals surface area contributed by atoms with Crippen LogP contribution in [0.5, 0.6) is 0 Å². The number of aryl methyl sites for hydroxylation is 1. The summed E-state index contributed by atoms with van der Waals surface area (Å²) in [6.45, 7) is 1.81. The van der Waals surface area contributed by atoms with Crippen molar-refractivity contribution in [1.82, 2.24) is 10.2 Å². The highest BCUT2D eigenvalue weighted by atomic mass is 35.5. The van der Waals surface area contributed by atoms with Crippen molar-refractivity contribution in [2.45, 2.75) is 32.1 Å². The van der Waals surface area contributed by atoms with Crippen LogP contribution in [-0.2, 0) is 11.2 Å². The molecule has 1 aromatic heterocycles. The molecular formula is C23H19ClFN3O5. The van der Waals surface area contributed by atoms with Crippen molar-refractivity contribution in [1.29, 1.82) is 0 Å². The van der Waals surface area contributed by atoms with Gasteiger partial charge >= 0.3 is 5.97 Å². The van der Waals surface area contributed by atoms with Crippen molar-refractivity contribution < 1.29 is 23.6 Å². The van der Waals surface area contributed by atoms with E-state index in [-0.39, 0.29) is 39.7 Å². The SMILES string of the molecule is CCOC(=O)c1ccc(-c2n[nH]c3c2C(C(=O)c2c(Cl)cccc2[N+](=O)[O-])CCC3)c(F)c1. The van der Waals surface area contributed by atoms with Gasteiger partial charge < -0.3 is 4.74 Å². The normalized spacial score (nSPS) is 15.1. The number of nitro groups is 1. The monoisotopic (exact) mass is 471 g/mol. The molecule has 0 amide bonds. The Morgan fingerprint density at radius 1 is 1.33 bits per heavy atom. The topological polar surface area (TPSA) is 115 Å². The lowest BCUT2D eigenvalue weighted by atomic mass is 9.79. The van der Waals surface area contributed by atoms with E-state index in [1.807, 2.05) is 0 Å². The van der Waals surface area contributed by atoms with E-state index < -0.39 is 28.4 Å². The van der Waals surface area contributed by atoms with Gasteiger partial charge in [0.05, 0.1) is 33.7 Å². The van der Waals surface area contributed by atoms with Crippen LogP contribution in [0, 0.1) is 15.9 Å². The zero-order valence-electron chi connectivity index (χ0n) is 17.6. The molecule has 8 nitrogen and oxygen atoms in total. The van der Waals surface area contributed by atoms with Gasteiger partial charge in [0.2, 0.25) is 0 Å². The number of carbonyl (C=O) groups is 2. The summed E-state index contributed by atoms with van der Waals surface area (Å²) in [7, 11) is 0. The number of H-pyrrole nitrogens is 1. The van der Waals surface area contributed by atoms with E-state index in [4.69, 9.17) is 16.3 Å².